The predicted molar refractivity (Wildman–Crippen MR) is 88.1 cm³/mol. The van der Waals surface area contributed by atoms with Crippen LogP contribution in [0.4, 0.5) is 0 Å². The van der Waals surface area contributed by atoms with Gasteiger partial charge in [0.05, 0.1) is 0 Å². The van der Waals surface area contributed by atoms with Crippen LogP contribution in [0.25, 0.3) is 0 Å². The maximum Gasteiger partial charge on any atom is 0.0178 e. The average molecular weight is 338 g/mol. The van der Waals surface area contributed by atoms with Crippen molar-refractivity contribution in [1.82, 2.24) is 5.32 Å². The highest BCUT2D eigenvalue weighted by molar-refractivity contribution is 9.10. The van der Waals surface area contributed by atoms with E-state index in [-0.39, 0.29) is 0 Å². The zero-order valence-electron chi connectivity index (χ0n) is 11.2. The zero-order chi connectivity index (χ0) is 13.5. The summed E-state index contributed by atoms with van der Waals surface area (Å²) in [7, 11) is 0. The number of nitrogens with one attached hydrogen (secondary N) is 1. The Balaban J connectivity index is 2.08. The van der Waals surface area contributed by atoms with Gasteiger partial charge in [-0.1, -0.05) is 41.1 Å². The van der Waals surface area contributed by atoms with Crippen LogP contribution in [-0.2, 0) is 6.42 Å². The molecule has 0 aliphatic rings. The second-order valence-electron chi connectivity index (χ2n) is 4.74. The van der Waals surface area contributed by atoms with Crippen LogP contribution in [0, 0.1) is 0 Å². The number of hydrogen-bond donors (Lipinski definition) is 1. The maximum absolute atomic E-state index is 3.57. The van der Waals surface area contributed by atoms with Crippen molar-refractivity contribution < 1.29 is 0 Å². The van der Waals surface area contributed by atoms with Gasteiger partial charge in [0.25, 0.3) is 0 Å². The van der Waals surface area contributed by atoms with Gasteiger partial charge in [-0.15, -0.1) is 11.3 Å². The van der Waals surface area contributed by atoms with Gasteiger partial charge in [0.2, 0.25) is 0 Å². The fourth-order valence-corrected chi connectivity index (χ4v) is 3.40. The lowest BCUT2D eigenvalue weighted by atomic mass is 9.95. The zero-order valence-corrected chi connectivity index (χ0v) is 13.6. The predicted octanol–water partition coefficient (Wildman–Crippen LogP) is 4.84. The Kier molecular flexibility index (Phi) is 6.08. The first-order chi connectivity index (χ1) is 9.29. The minimum atomic E-state index is 0.544. The molecule has 0 bridgehead atoms. The van der Waals surface area contributed by atoms with Crippen LogP contribution >= 0.6 is 27.3 Å². The summed E-state index contributed by atoms with van der Waals surface area (Å²) in [6.45, 7) is 4.34. The maximum atomic E-state index is 3.57. The van der Waals surface area contributed by atoms with Crippen molar-refractivity contribution in [3.63, 3.8) is 0 Å². The van der Waals surface area contributed by atoms with E-state index in [1.165, 1.54) is 16.9 Å². The standard InChI is InChI=1S/C16H20BrNS/c1-2-8-18-12-14(11-16-7-4-9-19-16)13-5-3-6-15(17)10-13/h3-7,9-10,14,18H,2,8,11-12H2,1H3. The van der Waals surface area contributed by atoms with Gasteiger partial charge in [-0.05, 0) is 48.5 Å². The Hall–Kier alpha value is -0.640. The van der Waals surface area contributed by atoms with E-state index in [2.05, 4.69) is 69.9 Å². The van der Waals surface area contributed by atoms with E-state index in [9.17, 15) is 0 Å². The van der Waals surface area contributed by atoms with Gasteiger partial charge in [0.1, 0.15) is 0 Å². The van der Waals surface area contributed by atoms with E-state index >= 15 is 0 Å². The first kappa shape index (κ1) is 14.8. The molecule has 1 unspecified atom stereocenters. The van der Waals surface area contributed by atoms with Crippen molar-refractivity contribution in [3.8, 4) is 0 Å². The molecule has 0 spiro atoms. The number of rotatable bonds is 7. The molecule has 1 atom stereocenters. The van der Waals surface area contributed by atoms with Gasteiger partial charge in [-0.2, -0.15) is 0 Å². The number of halogens is 1. The third-order valence-corrected chi connectivity index (χ3v) is 4.56. The molecule has 1 heterocycles. The van der Waals surface area contributed by atoms with E-state index in [0.29, 0.717) is 5.92 Å². The highest BCUT2D eigenvalue weighted by Crippen LogP contribution is 2.25. The normalized spacial score (nSPS) is 12.5. The van der Waals surface area contributed by atoms with Crippen LogP contribution in [-0.4, -0.2) is 13.1 Å². The largest absolute Gasteiger partial charge is 0.316 e. The van der Waals surface area contributed by atoms with Crippen molar-refractivity contribution in [3.05, 3.63) is 56.7 Å². The molecule has 0 fully saturated rings. The average Bonchev–Trinajstić information content (AvgIpc) is 2.91. The van der Waals surface area contributed by atoms with E-state index in [0.717, 1.165) is 24.0 Å². The molecular formula is C16H20BrNS. The molecule has 2 rings (SSSR count). The third kappa shape index (κ3) is 4.75. The number of hydrogen-bond acceptors (Lipinski definition) is 2. The number of thiophene rings is 1. The lowest BCUT2D eigenvalue weighted by Crippen LogP contribution is -2.23. The minimum absolute atomic E-state index is 0.544. The fourth-order valence-electron chi connectivity index (χ4n) is 2.19. The summed E-state index contributed by atoms with van der Waals surface area (Å²) in [5, 5.41) is 5.71. The Labute approximate surface area is 128 Å². The van der Waals surface area contributed by atoms with Gasteiger partial charge in [-0.3, -0.25) is 0 Å². The highest BCUT2D eigenvalue weighted by atomic mass is 79.9. The van der Waals surface area contributed by atoms with Crippen LogP contribution in [0.1, 0.15) is 29.7 Å². The van der Waals surface area contributed by atoms with Crippen LogP contribution in [0.5, 0.6) is 0 Å². The molecule has 1 N–H and O–H groups in total. The van der Waals surface area contributed by atoms with Gasteiger partial charge in [0.15, 0.2) is 0 Å². The summed E-state index contributed by atoms with van der Waals surface area (Å²) < 4.78 is 1.16. The highest BCUT2D eigenvalue weighted by Gasteiger charge is 2.13. The van der Waals surface area contributed by atoms with Gasteiger partial charge in [-0.25, -0.2) is 0 Å². The first-order valence-electron chi connectivity index (χ1n) is 6.78. The molecule has 0 saturated carbocycles. The van der Waals surface area contributed by atoms with Crippen LogP contribution < -0.4 is 5.32 Å². The molecule has 102 valence electrons. The molecule has 2 aromatic rings. The van der Waals surface area contributed by atoms with Crippen molar-refractivity contribution in [2.75, 3.05) is 13.1 Å². The minimum Gasteiger partial charge on any atom is -0.316 e. The fraction of sp³-hybridized carbons (Fsp3) is 0.375. The lowest BCUT2D eigenvalue weighted by Gasteiger charge is -2.18. The second-order valence-corrected chi connectivity index (χ2v) is 6.69. The van der Waals surface area contributed by atoms with Crippen molar-refractivity contribution in [1.29, 1.82) is 0 Å². The summed E-state index contributed by atoms with van der Waals surface area (Å²) in [5.74, 6) is 0.544. The SMILES string of the molecule is CCCNCC(Cc1cccs1)c1cccc(Br)c1. The molecule has 0 aliphatic carbocycles. The Morgan fingerprint density at radius 1 is 1.26 bits per heavy atom. The summed E-state index contributed by atoms with van der Waals surface area (Å²) in [6, 6.07) is 13.1. The summed E-state index contributed by atoms with van der Waals surface area (Å²) >= 11 is 5.42. The van der Waals surface area contributed by atoms with Crippen molar-refractivity contribution >= 4 is 27.3 Å². The third-order valence-electron chi connectivity index (χ3n) is 3.17. The smallest absolute Gasteiger partial charge is 0.0178 e. The molecule has 0 saturated heterocycles. The molecule has 0 radical (unpaired) electrons. The molecule has 1 nitrogen and oxygen atoms in total. The van der Waals surface area contributed by atoms with Crippen LogP contribution in [0.2, 0.25) is 0 Å². The molecule has 0 amide bonds. The number of benzene rings is 1. The topological polar surface area (TPSA) is 12.0 Å². The van der Waals surface area contributed by atoms with Gasteiger partial charge in [0, 0.05) is 21.8 Å². The monoisotopic (exact) mass is 337 g/mol. The summed E-state index contributed by atoms with van der Waals surface area (Å²) in [4.78, 5) is 1.46. The summed E-state index contributed by atoms with van der Waals surface area (Å²) in [5.41, 5.74) is 1.41. The van der Waals surface area contributed by atoms with Crippen LogP contribution in [0.3, 0.4) is 0 Å². The molecule has 1 aromatic heterocycles. The Bertz CT molecular complexity index is 481. The van der Waals surface area contributed by atoms with Crippen molar-refractivity contribution in [2.45, 2.75) is 25.7 Å². The molecule has 0 aliphatic heterocycles. The first-order valence-corrected chi connectivity index (χ1v) is 8.45. The quantitative estimate of drug-likeness (QED) is 0.713. The van der Waals surface area contributed by atoms with Crippen molar-refractivity contribution in [2.24, 2.45) is 0 Å². The van der Waals surface area contributed by atoms with Gasteiger partial charge >= 0.3 is 0 Å². The Morgan fingerprint density at radius 2 is 2.16 bits per heavy atom. The van der Waals surface area contributed by atoms with E-state index < -0.39 is 0 Å². The van der Waals surface area contributed by atoms with Gasteiger partial charge < -0.3 is 5.32 Å². The molecule has 1 aromatic carbocycles. The van der Waals surface area contributed by atoms with Crippen LogP contribution in [0.15, 0.2) is 46.3 Å². The Morgan fingerprint density at radius 3 is 2.84 bits per heavy atom. The lowest BCUT2D eigenvalue weighted by molar-refractivity contribution is 0.579. The molecular weight excluding hydrogens is 318 g/mol. The molecule has 3 heteroatoms. The van der Waals surface area contributed by atoms with E-state index in [1.54, 1.807) is 0 Å². The summed E-state index contributed by atoms with van der Waals surface area (Å²) in [6.07, 6.45) is 2.30. The van der Waals surface area contributed by atoms with E-state index in [4.69, 9.17) is 0 Å². The molecule has 19 heavy (non-hydrogen) atoms. The second kappa shape index (κ2) is 7.83. The van der Waals surface area contributed by atoms with E-state index in [1.807, 2.05) is 11.3 Å².